The number of rotatable bonds is 5. The first-order chi connectivity index (χ1) is 13.6. The molecule has 2 heterocycles. The van der Waals surface area contributed by atoms with Gasteiger partial charge in [-0.3, -0.25) is 9.48 Å². The van der Waals surface area contributed by atoms with Gasteiger partial charge in [-0.1, -0.05) is 42.5 Å². The number of benzene rings is 2. The SMILES string of the molecule is Cl.Cn1cc([C@H]2CNC[C@@H]2C(=O)NC(c2ccccc2)c2ccc(F)cc2)cn1. The third-order valence-electron chi connectivity index (χ3n) is 5.33. The standard InChI is InChI=1S/C22H23FN4O.ClH/c1-27-14-17(11-25-27)19-12-24-13-20(19)22(28)26-21(15-5-3-2-4-6-15)16-7-9-18(23)10-8-16;/h2-11,14,19-21,24H,12-13H2,1H3,(H,26,28);1H/t19-,20+,21?;/m1./s1. The number of carbonyl (C=O) groups excluding carboxylic acids is 1. The maximum absolute atomic E-state index is 13.4. The lowest BCUT2D eigenvalue weighted by Gasteiger charge is -2.24. The third-order valence-corrected chi connectivity index (χ3v) is 5.33. The quantitative estimate of drug-likeness (QED) is 0.674. The summed E-state index contributed by atoms with van der Waals surface area (Å²) in [5.41, 5.74) is 2.88. The van der Waals surface area contributed by atoms with Gasteiger partial charge >= 0.3 is 0 Å². The van der Waals surface area contributed by atoms with Crippen molar-refractivity contribution in [3.8, 4) is 0 Å². The van der Waals surface area contributed by atoms with Crippen molar-refractivity contribution < 1.29 is 9.18 Å². The largest absolute Gasteiger partial charge is 0.345 e. The highest BCUT2D eigenvalue weighted by atomic mass is 35.5. The predicted octanol–water partition coefficient (Wildman–Crippen LogP) is 3.19. The molecule has 2 aromatic carbocycles. The average Bonchev–Trinajstić information content (AvgIpc) is 3.36. The Balaban J connectivity index is 0.00000240. The monoisotopic (exact) mass is 414 g/mol. The fourth-order valence-electron chi connectivity index (χ4n) is 3.85. The summed E-state index contributed by atoms with van der Waals surface area (Å²) in [6, 6.07) is 15.7. The number of nitrogens with one attached hydrogen (secondary N) is 2. The number of aryl methyl sites for hydroxylation is 1. The Morgan fingerprint density at radius 1 is 1.14 bits per heavy atom. The summed E-state index contributed by atoms with van der Waals surface area (Å²) in [5, 5.41) is 10.8. The van der Waals surface area contributed by atoms with E-state index in [0.29, 0.717) is 6.54 Å². The van der Waals surface area contributed by atoms with Crippen molar-refractivity contribution in [2.45, 2.75) is 12.0 Å². The maximum atomic E-state index is 13.4. The molecule has 1 fully saturated rings. The molecule has 2 N–H and O–H groups in total. The molecule has 4 rings (SSSR count). The van der Waals surface area contributed by atoms with E-state index in [1.807, 2.05) is 49.8 Å². The van der Waals surface area contributed by atoms with Crippen molar-refractivity contribution in [2.75, 3.05) is 13.1 Å². The minimum Gasteiger partial charge on any atom is -0.345 e. The second-order valence-electron chi connectivity index (χ2n) is 7.22. The van der Waals surface area contributed by atoms with E-state index in [4.69, 9.17) is 0 Å². The molecule has 0 saturated carbocycles. The summed E-state index contributed by atoms with van der Waals surface area (Å²) in [5.74, 6) is -0.412. The van der Waals surface area contributed by atoms with Crippen LogP contribution in [-0.4, -0.2) is 28.8 Å². The van der Waals surface area contributed by atoms with Crippen LogP contribution >= 0.6 is 12.4 Å². The molecule has 152 valence electrons. The second kappa shape index (κ2) is 9.20. The first-order valence-corrected chi connectivity index (χ1v) is 9.42. The lowest BCUT2D eigenvalue weighted by molar-refractivity contribution is -0.125. The Labute approximate surface area is 175 Å². The number of hydrogen-bond acceptors (Lipinski definition) is 3. The van der Waals surface area contributed by atoms with E-state index in [-0.39, 0.29) is 42.0 Å². The predicted molar refractivity (Wildman–Crippen MR) is 112 cm³/mol. The van der Waals surface area contributed by atoms with Crippen molar-refractivity contribution in [1.29, 1.82) is 0 Å². The molecule has 0 aliphatic carbocycles. The van der Waals surface area contributed by atoms with Crippen molar-refractivity contribution in [2.24, 2.45) is 13.0 Å². The van der Waals surface area contributed by atoms with Gasteiger partial charge in [0.2, 0.25) is 5.91 Å². The first kappa shape index (κ1) is 21.0. The van der Waals surface area contributed by atoms with Gasteiger partial charge in [-0.25, -0.2) is 4.39 Å². The molecule has 0 bridgehead atoms. The fourth-order valence-corrected chi connectivity index (χ4v) is 3.85. The van der Waals surface area contributed by atoms with Crippen molar-refractivity contribution in [3.05, 3.63) is 89.5 Å². The van der Waals surface area contributed by atoms with Crippen LogP contribution in [0.5, 0.6) is 0 Å². The van der Waals surface area contributed by atoms with Gasteiger partial charge < -0.3 is 10.6 Å². The second-order valence-corrected chi connectivity index (χ2v) is 7.22. The lowest BCUT2D eigenvalue weighted by Crippen LogP contribution is -2.37. The van der Waals surface area contributed by atoms with Gasteiger partial charge in [-0.05, 0) is 28.8 Å². The van der Waals surface area contributed by atoms with Crippen LogP contribution in [0, 0.1) is 11.7 Å². The number of aromatic nitrogens is 2. The summed E-state index contributed by atoms with van der Waals surface area (Å²) in [6.45, 7) is 1.37. The lowest BCUT2D eigenvalue weighted by atomic mass is 9.89. The summed E-state index contributed by atoms with van der Waals surface area (Å²) < 4.78 is 15.2. The van der Waals surface area contributed by atoms with Crippen LogP contribution in [0.2, 0.25) is 0 Å². The van der Waals surface area contributed by atoms with E-state index in [1.54, 1.807) is 16.8 Å². The van der Waals surface area contributed by atoms with Crippen LogP contribution in [0.3, 0.4) is 0 Å². The zero-order valence-electron chi connectivity index (χ0n) is 16.1. The van der Waals surface area contributed by atoms with Gasteiger partial charge in [-0.15, -0.1) is 12.4 Å². The van der Waals surface area contributed by atoms with E-state index in [0.717, 1.165) is 23.2 Å². The highest BCUT2D eigenvalue weighted by Gasteiger charge is 2.35. The highest BCUT2D eigenvalue weighted by molar-refractivity contribution is 5.85. The van der Waals surface area contributed by atoms with E-state index in [9.17, 15) is 9.18 Å². The molecule has 1 amide bonds. The topological polar surface area (TPSA) is 59.0 Å². The molecule has 1 aliphatic heterocycles. The Morgan fingerprint density at radius 2 is 1.83 bits per heavy atom. The Kier molecular flexibility index (Phi) is 6.67. The van der Waals surface area contributed by atoms with Crippen LogP contribution in [0.15, 0.2) is 67.0 Å². The van der Waals surface area contributed by atoms with Crippen LogP contribution in [0.1, 0.15) is 28.7 Å². The Bertz CT molecular complexity index is 945. The van der Waals surface area contributed by atoms with E-state index in [2.05, 4.69) is 15.7 Å². The van der Waals surface area contributed by atoms with E-state index >= 15 is 0 Å². The number of nitrogens with zero attached hydrogens (tertiary/aromatic N) is 2. The van der Waals surface area contributed by atoms with Gasteiger partial charge in [0.1, 0.15) is 5.82 Å². The summed E-state index contributed by atoms with van der Waals surface area (Å²) >= 11 is 0. The third kappa shape index (κ3) is 4.66. The van der Waals surface area contributed by atoms with E-state index in [1.165, 1.54) is 12.1 Å². The maximum Gasteiger partial charge on any atom is 0.225 e. The number of amides is 1. The van der Waals surface area contributed by atoms with Crippen LogP contribution in [0.25, 0.3) is 0 Å². The van der Waals surface area contributed by atoms with Crippen molar-refractivity contribution in [3.63, 3.8) is 0 Å². The number of halogens is 2. The molecule has 5 nitrogen and oxygen atoms in total. The smallest absolute Gasteiger partial charge is 0.225 e. The van der Waals surface area contributed by atoms with Crippen LogP contribution < -0.4 is 10.6 Å². The summed E-state index contributed by atoms with van der Waals surface area (Å²) in [4.78, 5) is 13.2. The molecule has 1 unspecified atom stereocenters. The van der Waals surface area contributed by atoms with Gasteiger partial charge in [0, 0.05) is 32.3 Å². The van der Waals surface area contributed by atoms with Gasteiger partial charge in [0.15, 0.2) is 0 Å². The van der Waals surface area contributed by atoms with E-state index < -0.39 is 0 Å². The minimum atomic E-state index is -0.329. The minimum absolute atomic E-state index is 0. The molecule has 0 spiro atoms. The normalized spacial score (nSPS) is 19.4. The van der Waals surface area contributed by atoms with Gasteiger partial charge in [0.25, 0.3) is 0 Å². The van der Waals surface area contributed by atoms with Gasteiger partial charge in [-0.2, -0.15) is 5.10 Å². The van der Waals surface area contributed by atoms with Crippen molar-refractivity contribution in [1.82, 2.24) is 20.4 Å². The molecule has 1 aliphatic rings. The molecule has 29 heavy (non-hydrogen) atoms. The Hall–Kier alpha value is -2.70. The Morgan fingerprint density at radius 3 is 2.48 bits per heavy atom. The molecule has 3 atom stereocenters. The molecule has 0 radical (unpaired) electrons. The zero-order valence-corrected chi connectivity index (χ0v) is 16.9. The zero-order chi connectivity index (χ0) is 19.5. The van der Waals surface area contributed by atoms with Crippen molar-refractivity contribution >= 4 is 18.3 Å². The molecule has 1 aromatic heterocycles. The summed E-state index contributed by atoms with van der Waals surface area (Å²) in [7, 11) is 1.88. The summed E-state index contributed by atoms with van der Waals surface area (Å²) in [6.07, 6.45) is 3.79. The molecule has 3 aromatic rings. The molecular formula is C22H24ClFN4O. The molecule has 7 heteroatoms. The first-order valence-electron chi connectivity index (χ1n) is 9.42. The highest BCUT2D eigenvalue weighted by Crippen LogP contribution is 2.30. The van der Waals surface area contributed by atoms with Gasteiger partial charge in [0.05, 0.1) is 18.2 Å². The number of carbonyl (C=O) groups is 1. The fraction of sp³-hybridized carbons (Fsp3) is 0.273. The van der Waals surface area contributed by atoms with Crippen LogP contribution in [-0.2, 0) is 11.8 Å². The number of hydrogen-bond donors (Lipinski definition) is 2. The van der Waals surface area contributed by atoms with Crippen LogP contribution in [0.4, 0.5) is 4.39 Å². The molecular weight excluding hydrogens is 391 g/mol. The average molecular weight is 415 g/mol. The molecule has 1 saturated heterocycles.